The van der Waals surface area contributed by atoms with Crippen LogP contribution in [0.2, 0.25) is 0 Å². The maximum absolute atomic E-state index is 13.1. The summed E-state index contributed by atoms with van der Waals surface area (Å²) in [6.45, 7) is 0. The molecule has 0 bridgehead atoms. The van der Waals surface area contributed by atoms with Crippen LogP contribution in [-0.2, 0) is 7.05 Å². The van der Waals surface area contributed by atoms with Gasteiger partial charge in [0.15, 0.2) is 0 Å². The molecule has 1 heterocycles. The van der Waals surface area contributed by atoms with E-state index in [1.54, 1.807) is 6.07 Å². The minimum Gasteiger partial charge on any atom is -0.344 e. The Morgan fingerprint density at radius 1 is 0.933 bits per heavy atom. The molecule has 2 heteroatoms. The first kappa shape index (κ1) is 8.48. The number of hydrogen-bond acceptors (Lipinski definition) is 0. The third kappa shape index (κ3) is 1.08. The molecule has 0 radical (unpaired) electrons. The Hall–Kier alpha value is -1.83. The van der Waals surface area contributed by atoms with Crippen LogP contribution in [0.4, 0.5) is 4.39 Å². The van der Waals surface area contributed by atoms with E-state index in [0.717, 1.165) is 16.4 Å². The summed E-state index contributed by atoms with van der Waals surface area (Å²) in [6, 6.07) is 13.0. The zero-order valence-corrected chi connectivity index (χ0v) is 8.37. The van der Waals surface area contributed by atoms with Crippen molar-refractivity contribution in [3.05, 3.63) is 48.3 Å². The van der Waals surface area contributed by atoms with Gasteiger partial charge in [-0.15, -0.1) is 0 Å². The number of fused-ring (bicyclic) bond motifs is 3. The van der Waals surface area contributed by atoms with Gasteiger partial charge in [0.1, 0.15) is 5.82 Å². The van der Waals surface area contributed by atoms with E-state index in [2.05, 4.69) is 6.07 Å². The SMILES string of the molecule is Cn1c2ccccc2c2ccc(F)cc21. The van der Waals surface area contributed by atoms with E-state index in [4.69, 9.17) is 0 Å². The minimum atomic E-state index is -0.187. The molecule has 0 fully saturated rings. The van der Waals surface area contributed by atoms with Crippen LogP contribution in [0, 0.1) is 5.82 Å². The van der Waals surface area contributed by atoms with Crippen molar-refractivity contribution < 1.29 is 4.39 Å². The highest BCUT2D eigenvalue weighted by Gasteiger charge is 2.07. The predicted molar refractivity (Wildman–Crippen MR) is 60.4 cm³/mol. The first-order valence-electron chi connectivity index (χ1n) is 4.90. The van der Waals surface area contributed by atoms with E-state index >= 15 is 0 Å². The second-order valence-corrected chi connectivity index (χ2v) is 3.74. The van der Waals surface area contributed by atoms with Crippen LogP contribution in [0.15, 0.2) is 42.5 Å². The van der Waals surface area contributed by atoms with Crippen LogP contribution < -0.4 is 0 Å². The Kier molecular flexibility index (Phi) is 1.60. The molecular formula is C13H10FN. The maximum Gasteiger partial charge on any atom is 0.125 e. The lowest BCUT2D eigenvalue weighted by Crippen LogP contribution is -1.86. The highest BCUT2D eigenvalue weighted by Crippen LogP contribution is 2.27. The Bertz CT molecular complexity index is 652. The van der Waals surface area contributed by atoms with Gasteiger partial charge >= 0.3 is 0 Å². The normalized spacial score (nSPS) is 11.3. The second-order valence-electron chi connectivity index (χ2n) is 3.74. The van der Waals surface area contributed by atoms with Gasteiger partial charge < -0.3 is 4.57 Å². The molecule has 0 aliphatic carbocycles. The number of hydrogen-bond donors (Lipinski definition) is 0. The fraction of sp³-hybridized carbons (Fsp3) is 0.0769. The van der Waals surface area contributed by atoms with Gasteiger partial charge in [-0.05, 0) is 24.3 Å². The largest absolute Gasteiger partial charge is 0.344 e. The average Bonchev–Trinajstić information content (AvgIpc) is 2.54. The molecule has 74 valence electrons. The Labute approximate surface area is 86.7 Å². The molecule has 3 rings (SSSR count). The quantitative estimate of drug-likeness (QED) is 0.522. The Morgan fingerprint density at radius 3 is 2.53 bits per heavy atom. The highest BCUT2D eigenvalue weighted by atomic mass is 19.1. The van der Waals surface area contributed by atoms with E-state index in [0.29, 0.717) is 0 Å². The van der Waals surface area contributed by atoms with Crippen molar-refractivity contribution in [3.63, 3.8) is 0 Å². The van der Waals surface area contributed by atoms with Crippen LogP contribution in [-0.4, -0.2) is 4.57 Å². The monoisotopic (exact) mass is 199 g/mol. The number of halogens is 1. The molecule has 0 spiro atoms. The lowest BCUT2D eigenvalue weighted by Gasteiger charge is -1.96. The number of rotatable bonds is 0. The zero-order valence-electron chi connectivity index (χ0n) is 8.37. The molecule has 0 saturated carbocycles. The summed E-state index contributed by atoms with van der Waals surface area (Å²) in [4.78, 5) is 0. The topological polar surface area (TPSA) is 4.93 Å². The molecule has 15 heavy (non-hydrogen) atoms. The van der Waals surface area contributed by atoms with Crippen molar-refractivity contribution in [2.45, 2.75) is 0 Å². The summed E-state index contributed by atoms with van der Waals surface area (Å²) in [5.41, 5.74) is 2.08. The summed E-state index contributed by atoms with van der Waals surface area (Å²) in [7, 11) is 1.96. The Morgan fingerprint density at radius 2 is 1.67 bits per heavy atom. The van der Waals surface area contributed by atoms with Crippen molar-refractivity contribution in [3.8, 4) is 0 Å². The van der Waals surface area contributed by atoms with E-state index in [1.165, 1.54) is 11.5 Å². The molecule has 0 N–H and O–H groups in total. The van der Waals surface area contributed by atoms with Crippen LogP contribution >= 0.6 is 0 Å². The summed E-state index contributed by atoms with van der Waals surface area (Å²) in [5, 5.41) is 2.28. The number of aromatic nitrogens is 1. The first-order chi connectivity index (χ1) is 7.27. The zero-order chi connectivity index (χ0) is 10.4. The molecule has 1 aromatic heterocycles. The van der Waals surface area contributed by atoms with E-state index in [1.807, 2.05) is 35.9 Å². The van der Waals surface area contributed by atoms with E-state index < -0.39 is 0 Å². The smallest absolute Gasteiger partial charge is 0.125 e. The number of para-hydroxylation sites is 1. The van der Waals surface area contributed by atoms with E-state index in [9.17, 15) is 4.39 Å². The third-order valence-corrected chi connectivity index (χ3v) is 2.88. The van der Waals surface area contributed by atoms with Gasteiger partial charge in [-0.3, -0.25) is 0 Å². The molecule has 0 aliphatic rings. The predicted octanol–water partition coefficient (Wildman–Crippen LogP) is 3.47. The fourth-order valence-electron chi connectivity index (χ4n) is 2.13. The fourth-order valence-corrected chi connectivity index (χ4v) is 2.13. The Balaban J connectivity index is 2.63. The first-order valence-corrected chi connectivity index (χ1v) is 4.90. The van der Waals surface area contributed by atoms with Crippen molar-refractivity contribution in [1.29, 1.82) is 0 Å². The minimum absolute atomic E-state index is 0.187. The van der Waals surface area contributed by atoms with Crippen LogP contribution in [0.5, 0.6) is 0 Å². The highest BCUT2D eigenvalue weighted by molar-refractivity contribution is 6.07. The van der Waals surface area contributed by atoms with Crippen LogP contribution in [0.3, 0.4) is 0 Å². The van der Waals surface area contributed by atoms with Gasteiger partial charge in [0.05, 0.1) is 5.52 Å². The molecule has 3 aromatic rings. The van der Waals surface area contributed by atoms with Crippen LogP contribution in [0.1, 0.15) is 0 Å². The maximum atomic E-state index is 13.1. The number of aryl methyl sites for hydroxylation is 1. The molecule has 0 unspecified atom stereocenters. The lowest BCUT2D eigenvalue weighted by molar-refractivity contribution is 0.629. The lowest BCUT2D eigenvalue weighted by atomic mass is 10.1. The molecule has 1 nitrogen and oxygen atoms in total. The summed E-state index contributed by atoms with van der Waals surface area (Å²) in [5.74, 6) is -0.187. The van der Waals surface area contributed by atoms with Crippen molar-refractivity contribution in [2.75, 3.05) is 0 Å². The molecular weight excluding hydrogens is 189 g/mol. The standard InChI is InChI=1S/C13H10FN/c1-15-12-5-3-2-4-10(12)11-7-6-9(14)8-13(11)15/h2-8H,1H3. The van der Waals surface area contributed by atoms with Crippen molar-refractivity contribution in [2.24, 2.45) is 7.05 Å². The van der Waals surface area contributed by atoms with Gasteiger partial charge in [-0.2, -0.15) is 0 Å². The van der Waals surface area contributed by atoms with Crippen LogP contribution in [0.25, 0.3) is 21.8 Å². The van der Waals surface area contributed by atoms with Gasteiger partial charge in [-0.25, -0.2) is 4.39 Å². The molecule has 0 aliphatic heterocycles. The van der Waals surface area contributed by atoms with Gasteiger partial charge in [0.2, 0.25) is 0 Å². The molecule has 0 amide bonds. The second kappa shape index (κ2) is 2.83. The van der Waals surface area contributed by atoms with Crippen molar-refractivity contribution >= 4 is 21.8 Å². The number of benzene rings is 2. The molecule has 0 saturated heterocycles. The summed E-state index contributed by atoms with van der Waals surface area (Å²) < 4.78 is 15.2. The van der Waals surface area contributed by atoms with Gasteiger partial charge in [0.25, 0.3) is 0 Å². The third-order valence-electron chi connectivity index (χ3n) is 2.88. The molecule has 2 aromatic carbocycles. The average molecular weight is 199 g/mol. The van der Waals surface area contributed by atoms with Crippen molar-refractivity contribution in [1.82, 2.24) is 4.57 Å². The molecule has 0 atom stereocenters. The van der Waals surface area contributed by atoms with Gasteiger partial charge in [-0.1, -0.05) is 18.2 Å². The number of nitrogens with zero attached hydrogens (tertiary/aromatic N) is 1. The summed E-state index contributed by atoms with van der Waals surface area (Å²) >= 11 is 0. The van der Waals surface area contributed by atoms with Gasteiger partial charge in [0, 0.05) is 23.3 Å². The summed E-state index contributed by atoms with van der Waals surface area (Å²) in [6.07, 6.45) is 0. The van der Waals surface area contributed by atoms with E-state index in [-0.39, 0.29) is 5.82 Å².